The van der Waals surface area contributed by atoms with E-state index in [2.05, 4.69) is 126 Å². The van der Waals surface area contributed by atoms with Crippen molar-refractivity contribution in [2.75, 3.05) is 4.90 Å². The Morgan fingerprint density at radius 1 is 0.405 bits per heavy atom. The van der Waals surface area contributed by atoms with Crippen molar-refractivity contribution in [3.63, 3.8) is 0 Å². The van der Waals surface area contributed by atoms with Gasteiger partial charge in [0.15, 0.2) is 0 Å². The van der Waals surface area contributed by atoms with E-state index in [1.807, 2.05) is 36.7 Å². The molecule has 8 rings (SSSR count). The maximum atomic E-state index is 6.35. The molecule has 0 aliphatic carbocycles. The molecule has 8 aromatic rings. The molecule has 2 aromatic heterocycles. The first kappa shape index (κ1) is 24.2. The lowest BCUT2D eigenvalue weighted by Crippen LogP contribution is -2.10. The molecule has 0 bridgehead atoms. The highest BCUT2D eigenvalue weighted by Gasteiger charge is 2.18. The number of benzene rings is 6. The number of furan rings is 1. The van der Waals surface area contributed by atoms with Gasteiger partial charge in [-0.25, -0.2) is 0 Å². The van der Waals surface area contributed by atoms with Gasteiger partial charge in [0.25, 0.3) is 0 Å². The van der Waals surface area contributed by atoms with Crippen molar-refractivity contribution < 1.29 is 4.42 Å². The summed E-state index contributed by atoms with van der Waals surface area (Å²) in [5.41, 5.74) is 9.68. The van der Waals surface area contributed by atoms with E-state index in [4.69, 9.17) is 9.40 Å². The second-order valence-corrected chi connectivity index (χ2v) is 10.5. The molecule has 0 fully saturated rings. The lowest BCUT2D eigenvalue weighted by Gasteiger charge is -2.26. The quantitative estimate of drug-likeness (QED) is 0.218. The minimum Gasteiger partial charge on any atom is -0.455 e. The summed E-state index contributed by atoms with van der Waals surface area (Å²) < 4.78 is 6.35. The molecule has 3 heteroatoms. The van der Waals surface area contributed by atoms with Gasteiger partial charge in [0, 0.05) is 39.1 Å². The van der Waals surface area contributed by atoms with E-state index >= 15 is 0 Å². The first-order chi connectivity index (χ1) is 20.8. The molecule has 0 saturated carbocycles. The van der Waals surface area contributed by atoms with Gasteiger partial charge in [0.1, 0.15) is 11.2 Å². The summed E-state index contributed by atoms with van der Waals surface area (Å²) in [6.45, 7) is 0. The molecule has 0 spiro atoms. The van der Waals surface area contributed by atoms with Gasteiger partial charge < -0.3 is 9.32 Å². The third-order valence-electron chi connectivity index (χ3n) is 7.97. The fraction of sp³-hybridized carbons (Fsp3) is 0. The SMILES string of the molecule is c1ccc(-c2ccc(-c3ccc(N(c4ccccc4)c4cncc5c4ccc4c6ccccc6oc54)cc3)cc2)cc1. The zero-order valence-corrected chi connectivity index (χ0v) is 22.8. The van der Waals surface area contributed by atoms with E-state index in [0.717, 1.165) is 49.8 Å². The van der Waals surface area contributed by atoms with E-state index in [1.54, 1.807) is 0 Å². The van der Waals surface area contributed by atoms with Gasteiger partial charge in [-0.15, -0.1) is 0 Å². The van der Waals surface area contributed by atoms with Crippen LogP contribution in [0.1, 0.15) is 0 Å². The van der Waals surface area contributed by atoms with Gasteiger partial charge in [0.2, 0.25) is 0 Å². The Morgan fingerprint density at radius 2 is 0.952 bits per heavy atom. The van der Waals surface area contributed by atoms with Crippen molar-refractivity contribution in [1.29, 1.82) is 0 Å². The summed E-state index contributed by atoms with van der Waals surface area (Å²) in [5, 5.41) is 4.30. The Balaban J connectivity index is 1.22. The highest BCUT2D eigenvalue weighted by atomic mass is 16.3. The fourth-order valence-corrected chi connectivity index (χ4v) is 5.88. The first-order valence-corrected chi connectivity index (χ1v) is 14.1. The summed E-state index contributed by atoms with van der Waals surface area (Å²) >= 11 is 0. The van der Waals surface area contributed by atoms with E-state index in [1.165, 1.54) is 22.3 Å². The number of para-hydroxylation sites is 2. The molecular weight excluding hydrogens is 512 g/mol. The average Bonchev–Trinajstić information content (AvgIpc) is 3.46. The largest absolute Gasteiger partial charge is 0.455 e. The molecule has 3 nitrogen and oxygen atoms in total. The van der Waals surface area contributed by atoms with E-state index in [0.29, 0.717) is 0 Å². The Hall–Kier alpha value is -5.67. The average molecular weight is 539 g/mol. The normalized spacial score (nSPS) is 11.3. The van der Waals surface area contributed by atoms with Crippen LogP contribution in [0.5, 0.6) is 0 Å². The second kappa shape index (κ2) is 10.1. The summed E-state index contributed by atoms with van der Waals surface area (Å²) in [4.78, 5) is 6.97. The third kappa shape index (κ3) is 4.11. The summed E-state index contributed by atoms with van der Waals surface area (Å²) in [5.74, 6) is 0. The van der Waals surface area contributed by atoms with Crippen molar-refractivity contribution >= 4 is 49.8 Å². The van der Waals surface area contributed by atoms with Crippen LogP contribution in [0, 0.1) is 0 Å². The van der Waals surface area contributed by atoms with Gasteiger partial charge >= 0.3 is 0 Å². The first-order valence-electron chi connectivity index (χ1n) is 14.1. The Kier molecular flexibility index (Phi) is 5.79. The van der Waals surface area contributed by atoms with E-state index in [-0.39, 0.29) is 0 Å². The highest BCUT2D eigenvalue weighted by molar-refractivity contribution is 6.17. The van der Waals surface area contributed by atoms with Gasteiger partial charge in [-0.05, 0) is 58.7 Å². The standard InChI is InChI=1S/C39H26N2O/c1-3-9-27(10-4-1)28-15-17-29(18-16-28)30-19-21-32(22-20-30)41(31-11-5-2-6-12-31)37-26-40-25-36-33(37)23-24-35-34-13-7-8-14-38(34)42-39(35)36/h1-26H. The predicted octanol–water partition coefficient (Wildman–Crippen LogP) is 10.9. The number of fused-ring (bicyclic) bond motifs is 5. The summed E-state index contributed by atoms with van der Waals surface area (Å²) in [7, 11) is 0. The number of hydrogen-bond acceptors (Lipinski definition) is 3. The highest BCUT2D eigenvalue weighted by Crippen LogP contribution is 2.42. The number of nitrogens with zero attached hydrogens (tertiary/aromatic N) is 2. The van der Waals surface area contributed by atoms with Crippen LogP contribution < -0.4 is 4.90 Å². The van der Waals surface area contributed by atoms with E-state index in [9.17, 15) is 0 Å². The zero-order valence-electron chi connectivity index (χ0n) is 22.8. The van der Waals surface area contributed by atoms with Crippen LogP contribution in [-0.2, 0) is 0 Å². The van der Waals surface area contributed by atoms with E-state index < -0.39 is 0 Å². The number of anilines is 3. The van der Waals surface area contributed by atoms with Crippen LogP contribution in [0.25, 0.3) is 55.0 Å². The van der Waals surface area contributed by atoms with Gasteiger partial charge in [-0.3, -0.25) is 4.98 Å². The molecule has 0 aliphatic heterocycles. The van der Waals surface area contributed by atoms with Crippen molar-refractivity contribution in [1.82, 2.24) is 4.98 Å². The Labute approximate surface area is 243 Å². The fourth-order valence-electron chi connectivity index (χ4n) is 5.88. The molecule has 198 valence electrons. The molecule has 0 amide bonds. The van der Waals surface area contributed by atoms with Gasteiger partial charge in [-0.1, -0.05) is 109 Å². The lowest BCUT2D eigenvalue weighted by atomic mass is 10.00. The number of rotatable bonds is 5. The molecule has 0 N–H and O–H groups in total. The second-order valence-electron chi connectivity index (χ2n) is 10.5. The van der Waals surface area contributed by atoms with Crippen molar-refractivity contribution in [3.8, 4) is 22.3 Å². The Morgan fingerprint density at radius 3 is 1.67 bits per heavy atom. The molecule has 42 heavy (non-hydrogen) atoms. The van der Waals surface area contributed by atoms with Crippen LogP contribution >= 0.6 is 0 Å². The number of hydrogen-bond donors (Lipinski definition) is 0. The smallest absolute Gasteiger partial charge is 0.144 e. The molecule has 0 aliphatic rings. The Bertz CT molecular complexity index is 2170. The van der Waals surface area contributed by atoms with Crippen molar-refractivity contribution in [3.05, 3.63) is 158 Å². The predicted molar refractivity (Wildman–Crippen MR) is 175 cm³/mol. The van der Waals surface area contributed by atoms with Crippen molar-refractivity contribution in [2.24, 2.45) is 0 Å². The summed E-state index contributed by atoms with van der Waals surface area (Å²) in [6, 6.07) is 51.0. The minimum absolute atomic E-state index is 0.866. The molecular formula is C39H26N2O. The van der Waals surface area contributed by atoms with Crippen LogP contribution in [0.15, 0.2) is 162 Å². The number of pyridine rings is 1. The zero-order chi connectivity index (χ0) is 27.9. The van der Waals surface area contributed by atoms with Crippen LogP contribution in [-0.4, -0.2) is 4.98 Å². The molecule has 6 aromatic carbocycles. The lowest BCUT2D eigenvalue weighted by molar-refractivity contribution is 0.672. The topological polar surface area (TPSA) is 29.3 Å². The summed E-state index contributed by atoms with van der Waals surface area (Å²) in [6.07, 6.45) is 3.86. The maximum Gasteiger partial charge on any atom is 0.144 e. The number of aromatic nitrogens is 1. The molecule has 0 saturated heterocycles. The molecule has 0 atom stereocenters. The van der Waals surface area contributed by atoms with Crippen LogP contribution in [0.2, 0.25) is 0 Å². The third-order valence-corrected chi connectivity index (χ3v) is 7.97. The van der Waals surface area contributed by atoms with Crippen LogP contribution in [0.4, 0.5) is 17.1 Å². The maximum absolute atomic E-state index is 6.35. The minimum atomic E-state index is 0.866. The van der Waals surface area contributed by atoms with Crippen molar-refractivity contribution in [2.45, 2.75) is 0 Å². The molecule has 0 radical (unpaired) electrons. The molecule has 2 heterocycles. The van der Waals surface area contributed by atoms with Gasteiger partial charge in [0.05, 0.1) is 11.9 Å². The van der Waals surface area contributed by atoms with Crippen LogP contribution in [0.3, 0.4) is 0 Å². The van der Waals surface area contributed by atoms with Gasteiger partial charge in [-0.2, -0.15) is 0 Å². The monoisotopic (exact) mass is 538 g/mol. The molecule has 0 unspecified atom stereocenters.